The average molecular weight is 278 g/mol. The van der Waals surface area contributed by atoms with Crippen LogP contribution in [-0.4, -0.2) is 31.3 Å². The van der Waals surface area contributed by atoms with Crippen LogP contribution in [0.3, 0.4) is 0 Å². The van der Waals surface area contributed by atoms with Crippen LogP contribution in [-0.2, 0) is 9.53 Å². The molecule has 1 rings (SSSR count). The summed E-state index contributed by atoms with van der Waals surface area (Å²) in [5.41, 5.74) is 0. The summed E-state index contributed by atoms with van der Waals surface area (Å²) >= 11 is 0. The first-order chi connectivity index (χ1) is 8.12. The quantitative estimate of drug-likeness (QED) is 0.741. The molecule has 0 aromatic rings. The SMILES string of the molecule is O=C(CC1CCOCC1)C(C(F)(F)F)C(F)(F)F. The van der Waals surface area contributed by atoms with Crippen LogP contribution in [0.1, 0.15) is 19.3 Å². The number of alkyl halides is 6. The van der Waals surface area contributed by atoms with Gasteiger partial charge in [-0.2, -0.15) is 26.3 Å². The zero-order valence-electron chi connectivity index (χ0n) is 9.27. The van der Waals surface area contributed by atoms with E-state index in [9.17, 15) is 31.1 Å². The van der Waals surface area contributed by atoms with Gasteiger partial charge in [0.05, 0.1) is 0 Å². The molecule has 1 fully saturated rings. The molecule has 0 radical (unpaired) electrons. The Labute approximate surface area is 99.3 Å². The molecule has 2 nitrogen and oxygen atoms in total. The zero-order chi connectivity index (χ0) is 14.0. The van der Waals surface area contributed by atoms with Gasteiger partial charge in [0.1, 0.15) is 0 Å². The lowest BCUT2D eigenvalue weighted by atomic mass is 9.89. The molecular formula is C10H12F6O2. The van der Waals surface area contributed by atoms with Gasteiger partial charge in [-0.3, -0.25) is 4.79 Å². The van der Waals surface area contributed by atoms with Gasteiger partial charge in [0.15, 0.2) is 5.78 Å². The number of halogens is 6. The monoisotopic (exact) mass is 278 g/mol. The van der Waals surface area contributed by atoms with Crippen LogP contribution in [0, 0.1) is 11.8 Å². The van der Waals surface area contributed by atoms with E-state index in [1.165, 1.54) is 0 Å². The third-order valence-corrected chi connectivity index (χ3v) is 2.81. The lowest BCUT2D eigenvalue weighted by Crippen LogP contribution is -2.43. The molecule has 0 aliphatic carbocycles. The second kappa shape index (κ2) is 5.46. The van der Waals surface area contributed by atoms with E-state index in [0.29, 0.717) is 12.8 Å². The smallest absolute Gasteiger partial charge is 0.381 e. The maximum atomic E-state index is 12.3. The Morgan fingerprint density at radius 1 is 1.06 bits per heavy atom. The molecule has 0 unspecified atom stereocenters. The number of Topliss-reactive ketones (excluding diaryl/α,β-unsaturated/α-hetero) is 1. The van der Waals surface area contributed by atoms with Gasteiger partial charge in [0.25, 0.3) is 0 Å². The number of carbonyl (C=O) groups excluding carboxylic acids is 1. The number of hydrogen-bond donors (Lipinski definition) is 0. The molecule has 0 bridgehead atoms. The number of ketones is 1. The zero-order valence-corrected chi connectivity index (χ0v) is 9.27. The lowest BCUT2D eigenvalue weighted by molar-refractivity contribution is -0.273. The van der Waals surface area contributed by atoms with Crippen LogP contribution in [0.15, 0.2) is 0 Å². The lowest BCUT2D eigenvalue weighted by Gasteiger charge is -2.25. The summed E-state index contributed by atoms with van der Waals surface area (Å²) in [6.45, 7) is 0.529. The predicted molar refractivity (Wildman–Crippen MR) is 48.8 cm³/mol. The summed E-state index contributed by atoms with van der Waals surface area (Å²) in [4.78, 5) is 11.2. The van der Waals surface area contributed by atoms with E-state index in [0.717, 1.165) is 0 Å². The van der Waals surface area contributed by atoms with Crippen molar-refractivity contribution in [3.63, 3.8) is 0 Å². The maximum absolute atomic E-state index is 12.3. The molecule has 1 aliphatic heterocycles. The van der Waals surface area contributed by atoms with Crippen molar-refractivity contribution in [2.24, 2.45) is 11.8 Å². The first-order valence-electron chi connectivity index (χ1n) is 5.36. The van der Waals surface area contributed by atoms with Gasteiger partial charge in [-0.25, -0.2) is 0 Å². The third kappa shape index (κ3) is 4.15. The summed E-state index contributed by atoms with van der Waals surface area (Å²) in [5.74, 6) is -6.13. The summed E-state index contributed by atoms with van der Waals surface area (Å²) < 4.78 is 78.5. The summed E-state index contributed by atoms with van der Waals surface area (Å²) in [7, 11) is 0. The van der Waals surface area contributed by atoms with Crippen molar-refractivity contribution in [2.45, 2.75) is 31.6 Å². The second-order valence-corrected chi connectivity index (χ2v) is 4.24. The van der Waals surface area contributed by atoms with Crippen LogP contribution in [0.25, 0.3) is 0 Å². The molecule has 0 amide bonds. The van der Waals surface area contributed by atoms with Gasteiger partial charge >= 0.3 is 12.4 Å². The molecule has 18 heavy (non-hydrogen) atoms. The Morgan fingerprint density at radius 2 is 1.50 bits per heavy atom. The standard InChI is InChI=1S/C10H12F6O2/c11-9(12,13)8(10(14,15)16)7(17)5-6-1-3-18-4-2-6/h6,8H,1-5H2. The van der Waals surface area contributed by atoms with Crippen molar-refractivity contribution >= 4 is 5.78 Å². The Balaban J connectivity index is 2.71. The van der Waals surface area contributed by atoms with Crippen LogP contribution >= 0.6 is 0 Å². The predicted octanol–water partition coefficient (Wildman–Crippen LogP) is 3.11. The van der Waals surface area contributed by atoms with Crippen molar-refractivity contribution in [2.75, 3.05) is 13.2 Å². The fraction of sp³-hybridized carbons (Fsp3) is 0.900. The Morgan fingerprint density at radius 3 is 1.89 bits per heavy atom. The van der Waals surface area contributed by atoms with Gasteiger partial charge < -0.3 is 4.74 Å². The van der Waals surface area contributed by atoms with Crippen LogP contribution < -0.4 is 0 Å². The molecular weight excluding hydrogens is 266 g/mol. The summed E-state index contributed by atoms with van der Waals surface area (Å²) in [6.07, 6.45) is -11.2. The first kappa shape index (κ1) is 15.3. The molecule has 106 valence electrons. The van der Waals surface area contributed by atoms with E-state index >= 15 is 0 Å². The molecule has 0 atom stereocenters. The van der Waals surface area contributed by atoms with Gasteiger partial charge in [0.2, 0.25) is 5.92 Å². The van der Waals surface area contributed by atoms with E-state index in [1.807, 2.05) is 0 Å². The molecule has 1 heterocycles. The molecule has 0 aromatic carbocycles. The minimum Gasteiger partial charge on any atom is -0.381 e. The Bertz CT molecular complexity index is 276. The van der Waals surface area contributed by atoms with Crippen molar-refractivity contribution in [3.05, 3.63) is 0 Å². The van der Waals surface area contributed by atoms with Gasteiger partial charge in [-0.05, 0) is 18.8 Å². The van der Waals surface area contributed by atoms with E-state index in [4.69, 9.17) is 4.74 Å². The molecule has 0 N–H and O–H groups in total. The largest absolute Gasteiger partial charge is 0.407 e. The van der Waals surface area contributed by atoms with Crippen molar-refractivity contribution < 1.29 is 35.9 Å². The van der Waals surface area contributed by atoms with Crippen LogP contribution in [0.2, 0.25) is 0 Å². The molecule has 0 spiro atoms. The molecule has 8 heteroatoms. The average Bonchev–Trinajstić information content (AvgIpc) is 2.13. The van der Waals surface area contributed by atoms with Crippen molar-refractivity contribution in [1.82, 2.24) is 0 Å². The summed E-state index contributed by atoms with van der Waals surface area (Å²) in [6, 6.07) is 0. The van der Waals surface area contributed by atoms with Crippen LogP contribution in [0.5, 0.6) is 0 Å². The minimum absolute atomic E-state index is 0.265. The van der Waals surface area contributed by atoms with Crippen molar-refractivity contribution in [3.8, 4) is 0 Å². The topological polar surface area (TPSA) is 26.3 Å². The second-order valence-electron chi connectivity index (χ2n) is 4.24. The van der Waals surface area contributed by atoms with E-state index in [2.05, 4.69) is 0 Å². The highest BCUT2D eigenvalue weighted by Crippen LogP contribution is 2.41. The van der Waals surface area contributed by atoms with Gasteiger partial charge in [-0.1, -0.05) is 0 Å². The van der Waals surface area contributed by atoms with E-state index in [1.54, 1.807) is 0 Å². The number of carbonyl (C=O) groups is 1. The third-order valence-electron chi connectivity index (χ3n) is 2.81. The maximum Gasteiger partial charge on any atom is 0.407 e. The number of hydrogen-bond acceptors (Lipinski definition) is 2. The fourth-order valence-corrected chi connectivity index (χ4v) is 1.90. The number of rotatable bonds is 3. The van der Waals surface area contributed by atoms with Gasteiger partial charge in [-0.15, -0.1) is 0 Å². The Hall–Kier alpha value is -0.790. The molecule has 1 aliphatic rings. The van der Waals surface area contributed by atoms with Crippen molar-refractivity contribution in [1.29, 1.82) is 0 Å². The highest BCUT2D eigenvalue weighted by Gasteiger charge is 2.60. The molecule has 0 saturated carbocycles. The number of ether oxygens (including phenoxy) is 1. The minimum atomic E-state index is -5.58. The van der Waals surface area contributed by atoms with E-state index in [-0.39, 0.29) is 13.2 Å². The van der Waals surface area contributed by atoms with Crippen LogP contribution in [0.4, 0.5) is 26.3 Å². The Kier molecular flexibility index (Phi) is 4.63. The summed E-state index contributed by atoms with van der Waals surface area (Å²) in [5, 5.41) is 0. The fourth-order valence-electron chi connectivity index (χ4n) is 1.90. The first-order valence-corrected chi connectivity index (χ1v) is 5.36. The normalized spacial score (nSPS) is 19.3. The van der Waals surface area contributed by atoms with Gasteiger partial charge in [0, 0.05) is 19.6 Å². The molecule has 1 saturated heterocycles. The molecule has 0 aromatic heterocycles. The highest BCUT2D eigenvalue weighted by molar-refractivity contribution is 5.82. The van der Waals surface area contributed by atoms with E-state index < -0.39 is 36.4 Å². The highest BCUT2D eigenvalue weighted by atomic mass is 19.4.